The Kier molecular flexibility index (Phi) is 3.97. The Morgan fingerprint density at radius 2 is 1.80 bits per heavy atom. The zero-order chi connectivity index (χ0) is 15.1. The summed E-state index contributed by atoms with van der Waals surface area (Å²) in [5.74, 6) is 0.0255. The molecule has 6 heteroatoms. The maximum absolute atomic E-state index is 11.4. The molecule has 1 aliphatic rings. The van der Waals surface area contributed by atoms with Crippen molar-refractivity contribution in [2.45, 2.75) is 52.2 Å². The maximum atomic E-state index is 11.4. The van der Waals surface area contributed by atoms with E-state index in [1.165, 1.54) is 6.92 Å². The summed E-state index contributed by atoms with van der Waals surface area (Å²) >= 11 is 5.91. The molecule has 108 valence electrons. The van der Waals surface area contributed by atoms with Crippen molar-refractivity contribution >= 4 is 30.0 Å². The van der Waals surface area contributed by atoms with Crippen molar-refractivity contribution in [2.24, 2.45) is 0 Å². The van der Waals surface area contributed by atoms with E-state index in [0.29, 0.717) is 10.8 Å². The molecular weight excluding hydrogens is 276 g/mol. The van der Waals surface area contributed by atoms with E-state index in [4.69, 9.17) is 20.9 Å². The minimum atomic E-state index is -0.529. The summed E-state index contributed by atoms with van der Waals surface area (Å²) in [6.07, 6.45) is 0.222. The fourth-order valence-electron chi connectivity index (χ4n) is 2.05. The van der Waals surface area contributed by atoms with E-state index < -0.39 is 18.3 Å². The third-order valence-electron chi connectivity index (χ3n) is 3.90. The van der Waals surface area contributed by atoms with E-state index >= 15 is 0 Å². The molecule has 0 radical (unpaired) electrons. The van der Waals surface area contributed by atoms with Crippen molar-refractivity contribution in [1.29, 1.82) is 0 Å². The first-order valence-corrected chi connectivity index (χ1v) is 7.00. The summed E-state index contributed by atoms with van der Waals surface area (Å²) in [7, 11) is -0.529. The van der Waals surface area contributed by atoms with Gasteiger partial charge in [-0.25, -0.2) is 4.98 Å². The van der Waals surface area contributed by atoms with Gasteiger partial charge >= 0.3 is 7.12 Å². The summed E-state index contributed by atoms with van der Waals surface area (Å²) in [5, 5.41) is 0.363. The standard InChI is InChI=1S/C14H19BClNO3/c1-9(18)8-11-10(6-7-12(16)17-11)15-19-13(2,3)14(4,5)20-15/h6-7H,8H2,1-5H3. The lowest BCUT2D eigenvalue weighted by atomic mass is 9.77. The van der Waals surface area contributed by atoms with Gasteiger partial charge in [-0.15, -0.1) is 0 Å². The number of carbonyl (C=O) groups is 1. The first-order chi connectivity index (χ1) is 9.12. The van der Waals surface area contributed by atoms with Crippen LogP contribution in [0.4, 0.5) is 0 Å². The minimum Gasteiger partial charge on any atom is -0.399 e. The molecule has 0 amide bonds. The van der Waals surface area contributed by atoms with Crippen LogP contribution < -0.4 is 5.46 Å². The Morgan fingerprint density at radius 1 is 1.25 bits per heavy atom. The zero-order valence-electron chi connectivity index (χ0n) is 12.5. The molecule has 20 heavy (non-hydrogen) atoms. The lowest BCUT2D eigenvalue weighted by Gasteiger charge is -2.32. The fourth-order valence-corrected chi connectivity index (χ4v) is 2.21. The summed E-state index contributed by atoms with van der Waals surface area (Å²) in [6.45, 7) is 9.47. The largest absolute Gasteiger partial charge is 0.496 e. The lowest BCUT2D eigenvalue weighted by molar-refractivity contribution is -0.116. The smallest absolute Gasteiger partial charge is 0.399 e. The molecule has 1 saturated heterocycles. The number of nitrogens with zero attached hydrogens (tertiary/aromatic N) is 1. The van der Waals surface area contributed by atoms with Gasteiger partial charge in [0.2, 0.25) is 0 Å². The second-order valence-electron chi connectivity index (χ2n) is 6.14. The predicted molar refractivity (Wildman–Crippen MR) is 79.3 cm³/mol. The quantitative estimate of drug-likeness (QED) is 0.633. The Morgan fingerprint density at radius 3 is 2.30 bits per heavy atom. The number of halogens is 1. The summed E-state index contributed by atoms with van der Waals surface area (Å²) in [6, 6.07) is 3.50. The Balaban J connectivity index is 2.37. The van der Waals surface area contributed by atoms with Crippen LogP contribution in [-0.4, -0.2) is 29.1 Å². The van der Waals surface area contributed by atoms with Crippen molar-refractivity contribution in [1.82, 2.24) is 4.98 Å². The molecule has 0 aliphatic carbocycles. The van der Waals surface area contributed by atoms with Gasteiger partial charge in [0.25, 0.3) is 0 Å². The third-order valence-corrected chi connectivity index (χ3v) is 4.11. The Labute approximate surface area is 125 Å². The third kappa shape index (κ3) is 2.90. The van der Waals surface area contributed by atoms with E-state index in [-0.39, 0.29) is 12.2 Å². The van der Waals surface area contributed by atoms with E-state index in [1.54, 1.807) is 6.07 Å². The van der Waals surface area contributed by atoms with E-state index in [2.05, 4.69) is 4.98 Å². The molecular formula is C14H19BClNO3. The summed E-state index contributed by atoms with van der Waals surface area (Å²) < 4.78 is 12.0. The van der Waals surface area contributed by atoms with Crippen LogP contribution in [-0.2, 0) is 20.5 Å². The van der Waals surface area contributed by atoms with Gasteiger partial charge in [0, 0.05) is 17.6 Å². The van der Waals surface area contributed by atoms with Gasteiger partial charge in [-0.1, -0.05) is 17.7 Å². The number of ketones is 1. The molecule has 1 aromatic heterocycles. The SMILES string of the molecule is CC(=O)Cc1nc(Cl)ccc1B1OC(C)(C)C(C)(C)O1. The van der Waals surface area contributed by atoms with Crippen LogP contribution in [0.15, 0.2) is 12.1 Å². The number of carbonyl (C=O) groups excluding carboxylic acids is 1. The highest BCUT2D eigenvalue weighted by molar-refractivity contribution is 6.62. The molecule has 4 nitrogen and oxygen atoms in total. The van der Waals surface area contributed by atoms with Crippen molar-refractivity contribution in [3.05, 3.63) is 23.0 Å². The minimum absolute atomic E-state index is 0.0255. The molecule has 0 unspecified atom stereocenters. The Hall–Kier alpha value is -0.905. The normalized spacial score (nSPS) is 20.2. The highest BCUT2D eigenvalue weighted by atomic mass is 35.5. The Bertz CT molecular complexity index is 529. The lowest BCUT2D eigenvalue weighted by Crippen LogP contribution is -2.41. The number of hydrogen-bond acceptors (Lipinski definition) is 4. The van der Waals surface area contributed by atoms with Crippen LogP contribution in [0.5, 0.6) is 0 Å². The number of hydrogen-bond donors (Lipinski definition) is 0. The predicted octanol–water partition coefficient (Wildman–Crippen LogP) is 2.17. The highest BCUT2D eigenvalue weighted by Gasteiger charge is 2.52. The van der Waals surface area contributed by atoms with Gasteiger partial charge in [-0.05, 0) is 40.7 Å². The van der Waals surface area contributed by atoms with Crippen molar-refractivity contribution < 1.29 is 14.1 Å². The maximum Gasteiger partial charge on any atom is 0.496 e. The molecule has 0 aromatic carbocycles. The van der Waals surface area contributed by atoms with Gasteiger partial charge in [-0.2, -0.15) is 0 Å². The molecule has 2 heterocycles. The first kappa shape index (κ1) is 15.5. The van der Waals surface area contributed by atoms with Gasteiger partial charge in [0.05, 0.1) is 11.2 Å². The number of Topliss-reactive ketones (excluding diaryl/α,β-unsaturated/α-hetero) is 1. The van der Waals surface area contributed by atoms with Crippen molar-refractivity contribution in [3.63, 3.8) is 0 Å². The molecule has 1 aromatic rings. The average Bonchev–Trinajstić information content (AvgIpc) is 2.46. The summed E-state index contributed by atoms with van der Waals surface area (Å²) in [5.41, 5.74) is 0.530. The van der Waals surface area contributed by atoms with Crippen molar-refractivity contribution in [3.8, 4) is 0 Å². The fraction of sp³-hybridized carbons (Fsp3) is 0.571. The van der Waals surface area contributed by atoms with Crippen LogP contribution in [0.25, 0.3) is 0 Å². The second kappa shape index (κ2) is 5.13. The van der Waals surface area contributed by atoms with E-state index in [0.717, 1.165) is 5.46 Å². The van der Waals surface area contributed by atoms with Gasteiger partial charge in [0.15, 0.2) is 0 Å². The van der Waals surface area contributed by atoms with E-state index in [9.17, 15) is 4.79 Å². The molecule has 2 rings (SSSR count). The number of aromatic nitrogens is 1. The van der Waals surface area contributed by atoms with Gasteiger partial charge in [0.1, 0.15) is 10.9 Å². The van der Waals surface area contributed by atoms with Crippen LogP contribution in [0.3, 0.4) is 0 Å². The molecule has 0 saturated carbocycles. The van der Waals surface area contributed by atoms with Crippen LogP contribution in [0.1, 0.15) is 40.3 Å². The van der Waals surface area contributed by atoms with Crippen molar-refractivity contribution in [2.75, 3.05) is 0 Å². The number of rotatable bonds is 3. The molecule has 0 atom stereocenters. The molecule has 1 aliphatic heterocycles. The average molecular weight is 296 g/mol. The van der Waals surface area contributed by atoms with E-state index in [1.807, 2.05) is 33.8 Å². The molecule has 0 spiro atoms. The monoisotopic (exact) mass is 295 g/mol. The molecule has 0 bridgehead atoms. The second-order valence-corrected chi connectivity index (χ2v) is 6.52. The highest BCUT2D eigenvalue weighted by Crippen LogP contribution is 2.36. The first-order valence-electron chi connectivity index (χ1n) is 6.63. The molecule has 1 fully saturated rings. The van der Waals surface area contributed by atoms with Gasteiger partial charge < -0.3 is 9.31 Å². The van der Waals surface area contributed by atoms with Gasteiger partial charge in [-0.3, -0.25) is 4.79 Å². The van der Waals surface area contributed by atoms with Crippen LogP contribution in [0, 0.1) is 0 Å². The summed E-state index contributed by atoms with van der Waals surface area (Å²) in [4.78, 5) is 15.6. The number of pyridine rings is 1. The van der Waals surface area contributed by atoms with Crippen LogP contribution >= 0.6 is 11.6 Å². The van der Waals surface area contributed by atoms with Crippen LogP contribution in [0.2, 0.25) is 5.15 Å². The molecule has 0 N–H and O–H groups in total. The topological polar surface area (TPSA) is 48.4 Å². The zero-order valence-corrected chi connectivity index (χ0v) is 13.2.